The van der Waals surface area contributed by atoms with Crippen molar-refractivity contribution in [2.45, 2.75) is 19.8 Å². The van der Waals surface area contributed by atoms with Crippen molar-refractivity contribution >= 4 is 29.6 Å². The maximum Gasteiger partial charge on any atom is 0.337 e. The molecule has 6 nitrogen and oxygen atoms in total. The first-order valence-electron chi connectivity index (χ1n) is 9.97. The second kappa shape index (κ2) is 10.2. The van der Waals surface area contributed by atoms with Crippen LogP contribution in [0.25, 0.3) is 6.08 Å². The summed E-state index contributed by atoms with van der Waals surface area (Å²) in [5.74, 6) is -1.75. The van der Waals surface area contributed by atoms with E-state index in [1.807, 2.05) is 30.3 Å². The zero-order chi connectivity index (χ0) is 23.3. The summed E-state index contributed by atoms with van der Waals surface area (Å²) in [6.45, 7) is 3.43. The zero-order valence-electron chi connectivity index (χ0n) is 18.0. The van der Waals surface area contributed by atoms with Gasteiger partial charge in [-0.05, 0) is 55.3 Å². The molecule has 0 aliphatic carbocycles. The summed E-state index contributed by atoms with van der Waals surface area (Å²) in [5, 5.41) is 13.3. The van der Waals surface area contributed by atoms with Crippen molar-refractivity contribution in [3.05, 3.63) is 93.3 Å². The molecule has 2 aromatic carbocycles. The monoisotopic (exact) mass is 453 g/mol. The second-order valence-corrected chi connectivity index (χ2v) is 7.71. The lowest BCUT2D eigenvalue weighted by Gasteiger charge is -2.29. The fraction of sp³-hybridized carbons (Fsp3) is 0.200. The number of hydrogen-bond donors (Lipinski definition) is 2. The molecule has 0 saturated carbocycles. The number of carboxylic acids is 1. The summed E-state index contributed by atoms with van der Waals surface area (Å²) >= 11 is 6.14. The van der Waals surface area contributed by atoms with Crippen LogP contribution in [0.3, 0.4) is 0 Å². The lowest BCUT2D eigenvalue weighted by atomic mass is 9.80. The van der Waals surface area contributed by atoms with Crippen molar-refractivity contribution in [3.8, 4) is 5.75 Å². The van der Waals surface area contributed by atoms with Gasteiger partial charge in [-0.1, -0.05) is 41.9 Å². The van der Waals surface area contributed by atoms with Crippen molar-refractivity contribution in [2.75, 3.05) is 13.7 Å². The normalized spacial score (nSPS) is 16.2. The van der Waals surface area contributed by atoms with Gasteiger partial charge in [0.1, 0.15) is 12.4 Å². The van der Waals surface area contributed by atoms with Gasteiger partial charge >= 0.3 is 11.9 Å². The molecule has 0 spiro atoms. The molecule has 7 heteroatoms. The third-order valence-electron chi connectivity index (χ3n) is 5.13. The summed E-state index contributed by atoms with van der Waals surface area (Å²) < 4.78 is 10.6. The van der Waals surface area contributed by atoms with Gasteiger partial charge in [0.25, 0.3) is 0 Å². The minimum Gasteiger partial charge on any atom is -0.497 e. The van der Waals surface area contributed by atoms with Gasteiger partial charge in [0.2, 0.25) is 0 Å². The minimum atomic E-state index is -1.11. The van der Waals surface area contributed by atoms with Crippen LogP contribution in [0.2, 0.25) is 5.02 Å². The number of aliphatic carboxylic acids is 1. The first-order valence-corrected chi connectivity index (χ1v) is 10.3. The number of methoxy groups -OCH3 is 1. The number of allylic oxidation sites excluding steroid dienone is 2. The van der Waals surface area contributed by atoms with Gasteiger partial charge < -0.3 is 19.9 Å². The molecule has 32 heavy (non-hydrogen) atoms. The summed E-state index contributed by atoms with van der Waals surface area (Å²) in [6.07, 6.45) is 3.55. The molecule has 166 valence electrons. The number of nitrogens with one attached hydrogen (secondary N) is 1. The molecule has 1 aliphatic rings. The molecule has 1 aliphatic heterocycles. The largest absolute Gasteiger partial charge is 0.497 e. The Bertz CT molecular complexity index is 1120. The van der Waals surface area contributed by atoms with Gasteiger partial charge in [-0.2, -0.15) is 0 Å². The van der Waals surface area contributed by atoms with Crippen LogP contribution in [-0.2, 0) is 14.3 Å². The number of dihydropyridines is 1. The predicted octanol–water partition coefficient (Wildman–Crippen LogP) is 4.92. The Balaban J connectivity index is 1.82. The molecule has 0 bridgehead atoms. The zero-order valence-corrected chi connectivity index (χ0v) is 18.8. The Morgan fingerprint density at radius 1 is 1.09 bits per heavy atom. The van der Waals surface area contributed by atoms with Gasteiger partial charge in [-0.3, -0.25) is 0 Å². The smallest absolute Gasteiger partial charge is 0.337 e. The first kappa shape index (κ1) is 23.2. The molecule has 1 heterocycles. The number of carbonyl (C=O) groups excluding carboxylic acids is 1. The highest BCUT2D eigenvalue weighted by molar-refractivity contribution is 6.30. The molecule has 1 atom stereocenters. The molecule has 0 saturated heterocycles. The molecule has 0 fully saturated rings. The predicted molar refractivity (Wildman–Crippen MR) is 123 cm³/mol. The van der Waals surface area contributed by atoms with Crippen LogP contribution in [-0.4, -0.2) is 30.8 Å². The van der Waals surface area contributed by atoms with E-state index < -0.39 is 17.9 Å². The molecule has 3 rings (SSSR count). The number of carboxylic acid groups (broad SMARTS) is 1. The Hall–Kier alpha value is -3.51. The summed E-state index contributed by atoms with van der Waals surface area (Å²) in [7, 11) is 1.60. The average Bonchev–Trinajstić information content (AvgIpc) is 2.76. The van der Waals surface area contributed by atoms with E-state index in [1.54, 1.807) is 51.3 Å². The van der Waals surface area contributed by atoms with Crippen LogP contribution in [0, 0.1) is 0 Å². The number of rotatable bonds is 7. The first-order chi connectivity index (χ1) is 15.3. The maximum absolute atomic E-state index is 13.0. The van der Waals surface area contributed by atoms with Gasteiger partial charge in [0.05, 0.1) is 24.2 Å². The van der Waals surface area contributed by atoms with E-state index in [4.69, 9.17) is 21.1 Å². The number of halogens is 1. The summed E-state index contributed by atoms with van der Waals surface area (Å²) in [6, 6.07) is 14.3. The fourth-order valence-electron chi connectivity index (χ4n) is 3.67. The van der Waals surface area contributed by atoms with Gasteiger partial charge in [0.15, 0.2) is 0 Å². The lowest BCUT2D eigenvalue weighted by molar-refractivity contribution is -0.138. The quantitative estimate of drug-likeness (QED) is 0.578. The Labute approximate surface area is 191 Å². The highest BCUT2D eigenvalue weighted by atomic mass is 35.5. The van der Waals surface area contributed by atoms with Crippen molar-refractivity contribution < 1.29 is 24.2 Å². The van der Waals surface area contributed by atoms with Crippen LogP contribution in [0.1, 0.15) is 30.9 Å². The number of carbonyl (C=O) groups is 2. The van der Waals surface area contributed by atoms with Crippen molar-refractivity contribution in [1.29, 1.82) is 0 Å². The summed E-state index contributed by atoms with van der Waals surface area (Å²) in [5.41, 5.74) is 2.88. The molecule has 0 amide bonds. The van der Waals surface area contributed by atoms with Crippen LogP contribution < -0.4 is 10.1 Å². The van der Waals surface area contributed by atoms with Gasteiger partial charge in [0, 0.05) is 16.4 Å². The number of hydrogen-bond acceptors (Lipinski definition) is 5. The van der Waals surface area contributed by atoms with E-state index >= 15 is 0 Å². The van der Waals surface area contributed by atoms with E-state index in [1.165, 1.54) is 0 Å². The summed E-state index contributed by atoms with van der Waals surface area (Å²) in [4.78, 5) is 25.1. The molecule has 1 unspecified atom stereocenters. The Kier molecular flexibility index (Phi) is 7.38. The lowest BCUT2D eigenvalue weighted by Crippen LogP contribution is -2.31. The topological polar surface area (TPSA) is 84.9 Å². The van der Waals surface area contributed by atoms with Crippen molar-refractivity contribution in [1.82, 2.24) is 5.32 Å². The average molecular weight is 454 g/mol. The Morgan fingerprint density at radius 3 is 2.41 bits per heavy atom. The van der Waals surface area contributed by atoms with E-state index in [-0.39, 0.29) is 17.8 Å². The van der Waals surface area contributed by atoms with Crippen molar-refractivity contribution in [2.24, 2.45) is 0 Å². The highest BCUT2D eigenvalue weighted by Crippen LogP contribution is 2.39. The molecule has 0 aromatic heterocycles. The molecular weight excluding hydrogens is 430 g/mol. The third kappa shape index (κ3) is 5.21. The minimum absolute atomic E-state index is 0.0367. The fourth-order valence-corrected chi connectivity index (χ4v) is 3.87. The Morgan fingerprint density at radius 2 is 1.78 bits per heavy atom. The second-order valence-electron chi connectivity index (χ2n) is 7.27. The highest BCUT2D eigenvalue weighted by Gasteiger charge is 2.37. The van der Waals surface area contributed by atoms with E-state index in [0.717, 1.165) is 11.3 Å². The van der Waals surface area contributed by atoms with Gasteiger partial charge in [-0.15, -0.1) is 0 Å². The molecule has 2 aromatic rings. The number of ether oxygens (including phenoxy) is 2. The SMILES string of the molecule is COc1ccc(/C=C/COC(=O)C2=C(C)NC(C)=C(C(=O)O)C2c2cccc(Cl)c2)cc1. The molecular formula is C25H24ClNO5. The molecule has 2 N–H and O–H groups in total. The number of benzene rings is 2. The van der Waals surface area contributed by atoms with Crippen molar-refractivity contribution in [3.63, 3.8) is 0 Å². The van der Waals surface area contributed by atoms with Crippen LogP contribution >= 0.6 is 11.6 Å². The standard InChI is InChI=1S/C25H24ClNO5/c1-15-21(24(28)29)23(18-7-4-8-19(26)14-18)22(16(2)27-15)25(30)32-13-5-6-17-9-11-20(31-3)12-10-17/h4-12,14,23,27H,13H2,1-3H3,(H,28,29)/b6-5+. The van der Waals surface area contributed by atoms with Crippen LogP contribution in [0.4, 0.5) is 0 Å². The third-order valence-corrected chi connectivity index (χ3v) is 5.36. The van der Waals surface area contributed by atoms with Gasteiger partial charge in [-0.25, -0.2) is 9.59 Å². The van der Waals surface area contributed by atoms with Crippen LogP contribution in [0.5, 0.6) is 5.75 Å². The maximum atomic E-state index is 13.0. The van der Waals surface area contributed by atoms with E-state index in [0.29, 0.717) is 22.0 Å². The number of esters is 1. The van der Waals surface area contributed by atoms with E-state index in [2.05, 4.69) is 5.32 Å². The van der Waals surface area contributed by atoms with Crippen LogP contribution in [0.15, 0.2) is 77.1 Å². The van der Waals surface area contributed by atoms with E-state index in [9.17, 15) is 14.7 Å². The molecule has 0 radical (unpaired) electrons.